The Morgan fingerprint density at radius 1 is 1.06 bits per heavy atom. The molecule has 0 atom stereocenters. The zero-order chi connectivity index (χ0) is 22.1. The predicted molar refractivity (Wildman–Crippen MR) is 115 cm³/mol. The number of carbonyl (C=O) groups is 2. The molecule has 0 saturated heterocycles. The van der Waals surface area contributed by atoms with Crippen LogP contribution in [0.15, 0.2) is 47.1 Å². The smallest absolute Gasteiger partial charge is 0.310 e. The molecule has 5 rings (SSSR count). The van der Waals surface area contributed by atoms with Crippen LogP contribution in [0, 0.1) is 0 Å². The van der Waals surface area contributed by atoms with E-state index in [9.17, 15) is 9.59 Å². The first-order valence-electron chi connectivity index (χ1n) is 10.6. The normalized spacial score (nSPS) is 15.8. The van der Waals surface area contributed by atoms with Gasteiger partial charge in [-0.1, -0.05) is 0 Å². The van der Waals surface area contributed by atoms with Crippen LogP contribution in [0.5, 0.6) is 17.2 Å². The number of anilines is 1. The van der Waals surface area contributed by atoms with Gasteiger partial charge in [-0.2, -0.15) is 0 Å². The molecule has 1 N–H and O–H groups in total. The Kier molecular flexibility index (Phi) is 5.13. The fourth-order valence-corrected chi connectivity index (χ4v) is 4.17. The van der Waals surface area contributed by atoms with E-state index in [-0.39, 0.29) is 13.0 Å². The van der Waals surface area contributed by atoms with E-state index in [4.69, 9.17) is 23.4 Å². The molecule has 1 amide bonds. The summed E-state index contributed by atoms with van der Waals surface area (Å²) < 4.78 is 27.8. The molecular weight excluding hydrogens is 414 g/mol. The van der Waals surface area contributed by atoms with Gasteiger partial charge in [0.25, 0.3) is 11.7 Å². The lowest BCUT2D eigenvalue weighted by Crippen LogP contribution is -2.34. The number of methoxy groups -OCH3 is 1. The van der Waals surface area contributed by atoms with Crippen LogP contribution in [-0.4, -0.2) is 31.4 Å². The molecule has 0 radical (unpaired) electrons. The minimum Gasteiger partial charge on any atom is -0.497 e. The largest absolute Gasteiger partial charge is 0.497 e. The van der Waals surface area contributed by atoms with Crippen LogP contribution in [0.4, 0.5) is 5.69 Å². The summed E-state index contributed by atoms with van der Waals surface area (Å²) in [5, 5.41) is 3.52. The zero-order valence-corrected chi connectivity index (χ0v) is 17.6. The van der Waals surface area contributed by atoms with Crippen LogP contribution in [0.2, 0.25) is 0 Å². The maximum atomic E-state index is 12.3. The number of furan rings is 1. The third kappa shape index (κ3) is 3.95. The molecule has 1 saturated carbocycles. The van der Waals surface area contributed by atoms with Crippen molar-refractivity contribution in [2.45, 2.75) is 37.9 Å². The molecule has 32 heavy (non-hydrogen) atoms. The molecule has 1 aliphatic heterocycles. The van der Waals surface area contributed by atoms with Crippen molar-refractivity contribution in [1.82, 2.24) is 0 Å². The van der Waals surface area contributed by atoms with Crippen LogP contribution >= 0.6 is 0 Å². The summed E-state index contributed by atoms with van der Waals surface area (Å²) in [5.41, 5.74) is 1.86. The first-order chi connectivity index (χ1) is 15.5. The van der Waals surface area contributed by atoms with Gasteiger partial charge in [0.2, 0.25) is 0 Å². The number of rotatable bonds is 6. The van der Waals surface area contributed by atoms with Gasteiger partial charge in [0.05, 0.1) is 19.8 Å². The third-order valence-corrected chi connectivity index (χ3v) is 5.75. The Morgan fingerprint density at radius 3 is 2.69 bits per heavy atom. The molecule has 0 bridgehead atoms. The van der Waals surface area contributed by atoms with Gasteiger partial charge < -0.3 is 28.7 Å². The van der Waals surface area contributed by atoms with Crippen molar-refractivity contribution in [2.75, 3.05) is 19.0 Å². The summed E-state index contributed by atoms with van der Waals surface area (Å²) in [4.78, 5) is 24.5. The number of benzene rings is 2. The molecule has 2 aromatic carbocycles. The lowest BCUT2D eigenvalue weighted by atomic mass is 10.1. The van der Waals surface area contributed by atoms with E-state index in [1.165, 1.54) is 6.26 Å². The molecule has 0 unspecified atom stereocenters. The zero-order valence-electron chi connectivity index (χ0n) is 17.6. The highest BCUT2D eigenvalue weighted by molar-refractivity contribution is 5.93. The molecule has 1 spiro atoms. The highest BCUT2D eigenvalue weighted by Crippen LogP contribution is 2.47. The minimum absolute atomic E-state index is 0.00127. The van der Waals surface area contributed by atoms with Crippen molar-refractivity contribution in [1.29, 1.82) is 0 Å². The predicted octanol–water partition coefficient (Wildman–Crippen LogP) is 4.21. The van der Waals surface area contributed by atoms with E-state index in [1.807, 2.05) is 6.07 Å². The Morgan fingerprint density at radius 2 is 1.88 bits per heavy atom. The monoisotopic (exact) mass is 437 g/mol. The van der Waals surface area contributed by atoms with Gasteiger partial charge in [0, 0.05) is 41.6 Å². The average molecular weight is 437 g/mol. The number of nitrogens with one attached hydrogen (secondary N) is 1. The fraction of sp³-hybridized carbons (Fsp3) is 0.333. The summed E-state index contributed by atoms with van der Waals surface area (Å²) in [6.07, 6.45) is 5.38. The molecule has 166 valence electrons. The van der Waals surface area contributed by atoms with Gasteiger partial charge in [0.15, 0.2) is 18.1 Å². The molecule has 8 nitrogen and oxygen atoms in total. The highest BCUT2D eigenvalue weighted by atomic mass is 16.7. The van der Waals surface area contributed by atoms with Gasteiger partial charge in [-0.05, 0) is 37.1 Å². The van der Waals surface area contributed by atoms with Crippen LogP contribution in [0.3, 0.4) is 0 Å². The number of amides is 1. The Balaban J connectivity index is 1.14. The maximum Gasteiger partial charge on any atom is 0.310 e. The van der Waals surface area contributed by atoms with Gasteiger partial charge in [-0.25, -0.2) is 0 Å². The molecule has 3 aromatic rings. The molecule has 2 aliphatic rings. The van der Waals surface area contributed by atoms with Gasteiger partial charge in [-0.3, -0.25) is 9.59 Å². The molecule has 1 aliphatic carbocycles. The summed E-state index contributed by atoms with van der Waals surface area (Å²) in [6, 6.07) is 10.6. The fourth-order valence-electron chi connectivity index (χ4n) is 4.17. The van der Waals surface area contributed by atoms with Crippen molar-refractivity contribution in [2.24, 2.45) is 0 Å². The lowest BCUT2D eigenvalue weighted by Gasteiger charge is -2.21. The van der Waals surface area contributed by atoms with E-state index >= 15 is 0 Å². The first-order valence-corrected chi connectivity index (χ1v) is 10.6. The molecule has 1 fully saturated rings. The standard InChI is InChI=1S/C24H23NO7/c1-28-17-5-6-18-15(13-29-20(18)12-17)10-23(27)30-14-22(26)25-16-4-7-19-21(11-16)32-24(31-19)8-2-3-9-24/h4-7,11-13H,2-3,8-10,14H2,1H3,(H,25,26). The second-order valence-corrected chi connectivity index (χ2v) is 7.99. The van der Waals surface area contributed by atoms with E-state index in [1.54, 1.807) is 37.4 Å². The first kappa shape index (κ1) is 20.2. The van der Waals surface area contributed by atoms with Crippen molar-refractivity contribution >= 4 is 28.5 Å². The minimum atomic E-state index is -0.553. The summed E-state index contributed by atoms with van der Waals surface area (Å²) in [6.45, 7) is -0.388. The van der Waals surface area contributed by atoms with E-state index in [2.05, 4.69) is 5.32 Å². The van der Waals surface area contributed by atoms with Gasteiger partial charge in [0.1, 0.15) is 11.3 Å². The quantitative estimate of drug-likeness (QED) is 0.577. The number of carbonyl (C=O) groups excluding carboxylic acids is 2. The van der Waals surface area contributed by atoms with Crippen LogP contribution < -0.4 is 19.5 Å². The number of hydrogen-bond donors (Lipinski definition) is 1. The number of ether oxygens (including phenoxy) is 4. The maximum absolute atomic E-state index is 12.3. The van der Waals surface area contributed by atoms with Crippen LogP contribution in [0.1, 0.15) is 31.2 Å². The van der Waals surface area contributed by atoms with Gasteiger partial charge >= 0.3 is 5.97 Å². The number of fused-ring (bicyclic) bond motifs is 2. The van der Waals surface area contributed by atoms with Crippen molar-refractivity contribution in [3.63, 3.8) is 0 Å². The Hall–Kier alpha value is -3.68. The van der Waals surface area contributed by atoms with Crippen molar-refractivity contribution in [3.05, 3.63) is 48.2 Å². The molecule has 8 heteroatoms. The molecular formula is C24H23NO7. The van der Waals surface area contributed by atoms with Crippen LogP contribution in [-0.2, 0) is 20.7 Å². The summed E-state index contributed by atoms with van der Waals surface area (Å²) >= 11 is 0. The number of hydrogen-bond acceptors (Lipinski definition) is 7. The van der Waals surface area contributed by atoms with Crippen molar-refractivity contribution < 1.29 is 33.0 Å². The van der Waals surface area contributed by atoms with Crippen LogP contribution in [0.25, 0.3) is 11.0 Å². The summed E-state index contributed by atoms with van der Waals surface area (Å²) in [5.74, 6) is 0.455. The SMILES string of the molecule is COc1ccc2c(CC(=O)OCC(=O)Nc3ccc4c(c3)OC3(CCCC3)O4)coc2c1. The molecule has 2 heterocycles. The van der Waals surface area contributed by atoms with Gasteiger partial charge in [-0.15, -0.1) is 0 Å². The topological polar surface area (TPSA) is 96.2 Å². The summed E-state index contributed by atoms with van der Waals surface area (Å²) in [7, 11) is 1.57. The molecule has 1 aromatic heterocycles. The third-order valence-electron chi connectivity index (χ3n) is 5.75. The lowest BCUT2D eigenvalue weighted by molar-refractivity contribution is -0.146. The van der Waals surface area contributed by atoms with E-state index < -0.39 is 17.7 Å². The Bertz CT molecular complexity index is 1180. The highest BCUT2D eigenvalue weighted by Gasteiger charge is 2.44. The van der Waals surface area contributed by atoms with Crippen molar-refractivity contribution in [3.8, 4) is 17.2 Å². The second-order valence-electron chi connectivity index (χ2n) is 7.99. The second kappa shape index (κ2) is 8.11. The van der Waals surface area contributed by atoms with E-state index in [0.717, 1.165) is 31.1 Å². The number of esters is 1. The van der Waals surface area contributed by atoms with E-state index in [0.29, 0.717) is 34.1 Å². The Labute approximate surface area is 184 Å². The average Bonchev–Trinajstić information content (AvgIpc) is 3.50.